The Morgan fingerprint density at radius 2 is 1.14 bits per heavy atom. The molecule has 0 bridgehead atoms. The Balaban J connectivity index is 0. The van der Waals surface area contributed by atoms with Gasteiger partial charge in [0, 0.05) is 0 Å². The highest BCUT2D eigenvalue weighted by atomic mass is 16.5. The van der Waals surface area contributed by atoms with E-state index < -0.39 is 0 Å². The fourth-order valence-corrected chi connectivity index (χ4v) is 0.989. The maximum atomic E-state index is 5.81. The van der Waals surface area contributed by atoms with Gasteiger partial charge in [0.05, 0.1) is 5.60 Å². The van der Waals surface area contributed by atoms with Crippen LogP contribution in [0.25, 0.3) is 0 Å². The van der Waals surface area contributed by atoms with Gasteiger partial charge in [0.2, 0.25) is 0 Å². The summed E-state index contributed by atoms with van der Waals surface area (Å²) in [5, 5.41) is 0. The molecule has 0 saturated carbocycles. The van der Waals surface area contributed by atoms with Gasteiger partial charge in [-0.2, -0.15) is 0 Å². The van der Waals surface area contributed by atoms with Gasteiger partial charge in [-0.3, -0.25) is 9.80 Å². The van der Waals surface area contributed by atoms with Gasteiger partial charge in [-0.25, -0.2) is 0 Å². The summed E-state index contributed by atoms with van der Waals surface area (Å²) in [6.45, 7) is 10.2. The van der Waals surface area contributed by atoms with Crippen molar-refractivity contribution in [2.24, 2.45) is 0 Å². The Labute approximate surface area is 90.0 Å². The average Bonchev–Trinajstić information content (AvgIpc) is 2.01. The molecule has 0 N–H and O–H groups in total. The highest BCUT2D eigenvalue weighted by Crippen LogP contribution is 2.13. The predicted molar refractivity (Wildman–Crippen MR) is 63.3 cm³/mol. The van der Waals surface area contributed by atoms with Crippen LogP contribution in [0.3, 0.4) is 0 Å². The van der Waals surface area contributed by atoms with Crippen LogP contribution in [0.15, 0.2) is 0 Å². The van der Waals surface area contributed by atoms with Crippen molar-refractivity contribution < 1.29 is 4.74 Å². The van der Waals surface area contributed by atoms with Gasteiger partial charge >= 0.3 is 0 Å². The van der Waals surface area contributed by atoms with Crippen LogP contribution in [0.1, 0.15) is 34.6 Å². The summed E-state index contributed by atoms with van der Waals surface area (Å²) in [4.78, 5) is 4.09. The minimum absolute atomic E-state index is 0.0463. The van der Waals surface area contributed by atoms with Crippen LogP contribution in [-0.2, 0) is 4.74 Å². The first-order valence-electron chi connectivity index (χ1n) is 5.25. The van der Waals surface area contributed by atoms with E-state index in [-0.39, 0.29) is 12.0 Å². The van der Waals surface area contributed by atoms with Crippen molar-refractivity contribution in [3.05, 3.63) is 0 Å². The quantitative estimate of drug-likeness (QED) is 0.656. The van der Waals surface area contributed by atoms with Crippen molar-refractivity contribution in [3.63, 3.8) is 0 Å². The third-order valence-corrected chi connectivity index (χ3v) is 1.34. The molecule has 0 fully saturated rings. The van der Waals surface area contributed by atoms with Gasteiger partial charge in [0.15, 0.2) is 6.35 Å². The zero-order chi connectivity index (χ0) is 11.9. The van der Waals surface area contributed by atoms with Crippen LogP contribution in [0, 0.1) is 0 Å². The van der Waals surface area contributed by atoms with Gasteiger partial charge in [0.1, 0.15) is 0 Å². The van der Waals surface area contributed by atoms with E-state index in [9.17, 15) is 0 Å². The van der Waals surface area contributed by atoms with Gasteiger partial charge < -0.3 is 4.74 Å². The Morgan fingerprint density at radius 1 is 0.857 bits per heavy atom. The summed E-state index contributed by atoms with van der Waals surface area (Å²) in [5.74, 6) is 0. The maximum absolute atomic E-state index is 5.81. The van der Waals surface area contributed by atoms with Crippen LogP contribution in [-0.4, -0.2) is 49.9 Å². The number of hydrogen-bond acceptors (Lipinski definition) is 3. The highest BCUT2D eigenvalue weighted by molar-refractivity contribution is 4.62. The van der Waals surface area contributed by atoms with Crippen LogP contribution < -0.4 is 0 Å². The number of hydrogen-bond donors (Lipinski definition) is 0. The average molecular weight is 204 g/mol. The number of rotatable bonds is 3. The molecule has 0 saturated heterocycles. The predicted octanol–water partition coefficient (Wildman–Crippen LogP) is 2.23. The summed E-state index contributed by atoms with van der Waals surface area (Å²) in [5.41, 5.74) is -0.0980. The van der Waals surface area contributed by atoms with E-state index >= 15 is 0 Å². The Morgan fingerprint density at radius 3 is 1.21 bits per heavy atom. The van der Waals surface area contributed by atoms with Crippen LogP contribution >= 0.6 is 0 Å². The Bertz CT molecular complexity index is 120. The molecule has 0 aromatic rings. The lowest BCUT2D eigenvalue weighted by Gasteiger charge is -2.35. The molecule has 88 valence electrons. The molecule has 3 heteroatoms. The van der Waals surface area contributed by atoms with Crippen molar-refractivity contribution in [2.45, 2.75) is 46.6 Å². The van der Waals surface area contributed by atoms with E-state index in [1.54, 1.807) is 0 Å². The van der Waals surface area contributed by atoms with E-state index in [0.29, 0.717) is 0 Å². The molecule has 0 rings (SSSR count). The van der Waals surface area contributed by atoms with Crippen LogP contribution in [0.4, 0.5) is 0 Å². The second-order valence-corrected chi connectivity index (χ2v) is 4.48. The van der Waals surface area contributed by atoms with Gasteiger partial charge in [0.25, 0.3) is 0 Å². The topological polar surface area (TPSA) is 15.7 Å². The molecule has 0 aromatic heterocycles. The molecule has 0 spiro atoms. The van der Waals surface area contributed by atoms with Crippen molar-refractivity contribution >= 4 is 0 Å². The molecular weight excluding hydrogens is 176 g/mol. The van der Waals surface area contributed by atoms with Gasteiger partial charge in [-0.1, -0.05) is 13.8 Å². The molecule has 0 aliphatic carbocycles. The second kappa shape index (κ2) is 7.21. The maximum Gasteiger partial charge on any atom is 0.168 e. The van der Waals surface area contributed by atoms with E-state index in [0.717, 1.165) is 0 Å². The third kappa shape index (κ3) is 8.48. The zero-order valence-electron chi connectivity index (χ0n) is 11.4. The standard InChI is InChI=1S/C9H22N2O.C2H6/c1-9(2,3)12-8(10(4)5)11(6)7;1-2/h8H,1-7H3;1-2H3. The first-order valence-corrected chi connectivity index (χ1v) is 5.25. The molecule has 0 atom stereocenters. The molecule has 0 aromatic carbocycles. The smallest absolute Gasteiger partial charge is 0.168 e. The van der Waals surface area contributed by atoms with Gasteiger partial charge in [-0.05, 0) is 49.0 Å². The molecule has 0 unspecified atom stereocenters. The molecule has 0 radical (unpaired) electrons. The van der Waals surface area contributed by atoms with Crippen molar-refractivity contribution in [3.8, 4) is 0 Å². The summed E-state index contributed by atoms with van der Waals surface area (Å²) in [6, 6.07) is 0. The number of nitrogens with zero attached hydrogens (tertiary/aromatic N) is 2. The lowest BCUT2D eigenvalue weighted by molar-refractivity contribution is -0.178. The fourth-order valence-electron chi connectivity index (χ4n) is 0.989. The van der Waals surface area contributed by atoms with Crippen LogP contribution in [0.2, 0.25) is 0 Å². The van der Waals surface area contributed by atoms with Crippen LogP contribution in [0.5, 0.6) is 0 Å². The first kappa shape index (κ1) is 16.3. The monoisotopic (exact) mass is 204 g/mol. The molecule has 3 nitrogen and oxygen atoms in total. The summed E-state index contributed by atoms with van der Waals surface area (Å²) in [7, 11) is 8.04. The molecule has 0 heterocycles. The first-order chi connectivity index (χ1) is 6.24. The fraction of sp³-hybridized carbons (Fsp3) is 1.00. The highest BCUT2D eigenvalue weighted by Gasteiger charge is 2.21. The third-order valence-electron chi connectivity index (χ3n) is 1.34. The largest absolute Gasteiger partial charge is 0.344 e. The summed E-state index contributed by atoms with van der Waals surface area (Å²) in [6.07, 6.45) is 0.0463. The second-order valence-electron chi connectivity index (χ2n) is 4.48. The normalized spacial score (nSPS) is 12.0. The Kier molecular flexibility index (Phi) is 8.40. The van der Waals surface area contributed by atoms with E-state index in [4.69, 9.17) is 4.74 Å². The van der Waals surface area contributed by atoms with Gasteiger partial charge in [-0.15, -0.1) is 0 Å². The minimum Gasteiger partial charge on any atom is -0.344 e. The molecule has 14 heavy (non-hydrogen) atoms. The van der Waals surface area contributed by atoms with E-state index in [2.05, 4.69) is 20.8 Å². The lowest BCUT2D eigenvalue weighted by atomic mass is 10.2. The zero-order valence-corrected chi connectivity index (χ0v) is 11.4. The lowest BCUT2D eigenvalue weighted by Crippen LogP contribution is -2.46. The number of ether oxygens (including phenoxy) is 1. The SMILES string of the molecule is CC.CN(C)C(OC(C)(C)C)N(C)C. The molecular formula is C11H28N2O. The summed E-state index contributed by atoms with van der Waals surface area (Å²) < 4.78 is 5.81. The van der Waals surface area contributed by atoms with E-state index in [1.165, 1.54) is 0 Å². The minimum atomic E-state index is -0.0980. The molecule has 0 amide bonds. The Hall–Kier alpha value is -0.120. The summed E-state index contributed by atoms with van der Waals surface area (Å²) >= 11 is 0. The van der Waals surface area contributed by atoms with E-state index in [1.807, 2.05) is 51.8 Å². The van der Waals surface area contributed by atoms with Crippen molar-refractivity contribution in [1.29, 1.82) is 0 Å². The van der Waals surface area contributed by atoms with Crippen molar-refractivity contribution in [2.75, 3.05) is 28.2 Å². The molecule has 0 aliphatic heterocycles. The molecule has 0 aliphatic rings. The van der Waals surface area contributed by atoms with Crippen molar-refractivity contribution in [1.82, 2.24) is 9.80 Å².